The monoisotopic (exact) mass is 401 g/mol. The maximum atomic E-state index is 12.3. The number of aryl methyl sites for hydroxylation is 1. The summed E-state index contributed by atoms with van der Waals surface area (Å²) in [6, 6.07) is 23.4. The Labute approximate surface area is 174 Å². The average molecular weight is 402 g/mol. The summed E-state index contributed by atoms with van der Waals surface area (Å²) in [5.74, 6) is -0.338. The number of rotatable bonds is 5. The van der Waals surface area contributed by atoms with Crippen molar-refractivity contribution in [2.24, 2.45) is 5.10 Å². The molecule has 144 valence electrons. The van der Waals surface area contributed by atoms with Crippen LogP contribution in [0.5, 0.6) is 0 Å². The summed E-state index contributed by atoms with van der Waals surface area (Å²) in [6.07, 6.45) is 3.73. The molecule has 1 amide bonds. The smallest absolute Gasteiger partial charge is 0.272 e. The van der Waals surface area contributed by atoms with Gasteiger partial charge in [-0.2, -0.15) is 5.10 Å². The fourth-order valence-corrected chi connectivity index (χ4v) is 3.57. The highest BCUT2D eigenvalue weighted by Gasteiger charge is 2.10. The summed E-state index contributed by atoms with van der Waals surface area (Å²) >= 11 is 6.07. The fourth-order valence-electron chi connectivity index (χ4n) is 3.35. The van der Waals surface area contributed by atoms with E-state index in [0.29, 0.717) is 10.6 Å². The minimum Gasteiger partial charge on any atom is -0.342 e. The number of benzene rings is 3. The lowest BCUT2D eigenvalue weighted by atomic mass is 10.1. The molecule has 0 aliphatic carbocycles. The van der Waals surface area contributed by atoms with Crippen molar-refractivity contribution in [3.05, 3.63) is 106 Å². The first-order chi connectivity index (χ1) is 14.1. The van der Waals surface area contributed by atoms with E-state index < -0.39 is 0 Å². The number of para-hydroxylation sites is 1. The van der Waals surface area contributed by atoms with E-state index in [0.717, 1.165) is 23.0 Å². The number of fused-ring (bicyclic) bond motifs is 1. The second kappa shape index (κ2) is 8.33. The molecule has 0 atom stereocenters. The molecule has 4 rings (SSSR count). The summed E-state index contributed by atoms with van der Waals surface area (Å²) in [7, 11) is 0. The first-order valence-electron chi connectivity index (χ1n) is 9.34. The predicted octanol–water partition coefficient (Wildman–Crippen LogP) is 5.42. The maximum absolute atomic E-state index is 12.3. The number of hydrogen-bond acceptors (Lipinski definition) is 2. The fraction of sp³-hybridized carbons (Fsp3) is 0.0833. The van der Waals surface area contributed by atoms with Crippen LogP contribution in [0.2, 0.25) is 5.02 Å². The molecule has 0 spiro atoms. The standard InChI is InChI=1S/C24H20ClN3O/c1-17-8-2-3-9-18(17)15-28-16-19(20-10-5-7-13-23(20)28)14-26-27-24(29)21-11-4-6-12-22(21)25/h2-14,16H,15H2,1H3,(H,27,29)/b26-14-. The molecule has 0 saturated heterocycles. The van der Waals surface area contributed by atoms with Gasteiger partial charge in [0.25, 0.3) is 5.91 Å². The summed E-state index contributed by atoms with van der Waals surface area (Å²) in [5, 5.41) is 5.63. The molecular formula is C24H20ClN3O. The summed E-state index contributed by atoms with van der Waals surface area (Å²) < 4.78 is 2.20. The lowest BCUT2D eigenvalue weighted by Gasteiger charge is -2.08. The Balaban J connectivity index is 1.59. The molecule has 1 heterocycles. The average Bonchev–Trinajstić information content (AvgIpc) is 3.08. The van der Waals surface area contributed by atoms with Crippen LogP contribution in [0.3, 0.4) is 0 Å². The van der Waals surface area contributed by atoms with Crippen LogP contribution >= 0.6 is 11.6 Å². The second-order valence-corrected chi connectivity index (χ2v) is 7.24. The highest BCUT2D eigenvalue weighted by Crippen LogP contribution is 2.22. The van der Waals surface area contributed by atoms with Crippen molar-refractivity contribution in [2.75, 3.05) is 0 Å². The Bertz CT molecular complexity index is 1210. The summed E-state index contributed by atoms with van der Waals surface area (Å²) in [4.78, 5) is 12.3. The van der Waals surface area contributed by atoms with E-state index in [2.05, 4.69) is 58.5 Å². The molecule has 0 radical (unpaired) electrons. The van der Waals surface area contributed by atoms with E-state index in [-0.39, 0.29) is 5.91 Å². The third kappa shape index (κ3) is 4.08. The normalized spacial score (nSPS) is 11.2. The van der Waals surface area contributed by atoms with E-state index in [1.165, 1.54) is 11.1 Å². The van der Waals surface area contributed by atoms with Crippen molar-refractivity contribution >= 4 is 34.6 Å². The van der Waals surface area contributed by atoms with Gasteiger partial charge in [0.15, 0.2) is 0 Å². The van der Waals surface area contributed by atoms with E-state index in [1.54, 1.807) is 30.5 Å². The van der Waals surface area contributed by atoms with Crippen molar-refractivity contribution in [1.82, 2.24) is 9.99 Å². The SMILES string of the molecule is Cc1ccccc1Cn1cc(/C=N\NC(=O)c2ccccc2Cl)c2ccccc21. The Morgan fingerprint density at radius 3 is 2.59 bits per heavy atom. The van der Waals surface area contributed by atoms with E-state index in [9.17, 15) is 4.79 Å². The number of aromatic nitrogens is 1. The minimum atomic E-state index is -0.338. The molecule has 0 aliphatic heterocycles. The number of carbonyl (C=O) groups excluding carboxylic acids is 1. The van der Waals surface area contributed by atoms with Crippen LogP contribution in [-0.2, 0) is 6.54 Å². The minimum absolute atomic E-state index is 0.338. The summed E-state index contributed by atoms with van der Waals surface area (Å²) in [5.41, 5.74) is 7.54. The second-order valence-electron chi connectivity index (χ2n) is 6.83. The number of halogens is 1. The van der Waals surface area contributed by atoms with Gasteiger partial charge in [-0.3, -0.25) is 4.79 Å². The van der Waals surface area contributed by atoms with Crippen LogP contribution < -0.4 is 5.43 Å². The van der Waals surface area contributed by atoms with Gasteiger partial charge >= 0.3 is 0 Å². The highest BCUT2D eigenvalue weighted by atomic mass is 35.5. The predicted molar refractivity (Wildman–Crippen MR) is 119 cm³/mol. The van der Waals surface area contributed by atoms with E-state index >= 15 is 0 Å². The van der Waals surface area contributed by atoms with Crippen molar-refractivity contribution in [3.63, 3.8) is 0 Å². The Kier molecular flexibility index (Phi) is 5.45. The summed E-state index contributed by atoms with van der Waals surface area (Å²) in [6.45, 7) is 2.89. The van der Waals surface area contributed by atoms with E-state index in [4.69, 9.17) is 11.6 Å². The molecule has 5 heteroatoms. The largest absolute Gasteiger partial charge is 0.342 e. The Morgan fingerprint density at radius 2 is 1.76 bits per heavy atom. The third-order valence-electron chi connectivity index (χ3n) is 4.91. The van der Waals surface area contributed by atoms with Gasteiger partial charge in [0.2, 0.25) is 0 Å². The Morgan fingerprint density at radius 1 is 1.03 bits per heavy atom. The molecule has 3 aromatic carbocycles. The third-order valence-corrected chi connectivity index (χ3v) is 5.24. The molecule has 0 saturated carbocycles. The zero-order valence-corrected chi connectivity index (χ0v) is 16.7. The van der Waals surface area contributed by atoms with Gasteiger partial charge < -0.3 is 4.57 Å². The molecule has 0 unspecified atom stereocenters. The molecule has 29 heavy (non-hydrogen) atoms. The van der Waals surface area contributed by atoms with Crippen LogP contribution in [0.25, 0.3) is 10.9 Å². The molecule has 1 aromatic heterocycles. The molecule has 4 nitrogen and oxygen atoms in total. The van der Waals surface area contributed by atoms with Gasteiger partial charge in [-0.15, -0.1) is 0 Å². The van der Waals surface area contributed by atoms with Crippen molar-refractivity contribution in [3.8, 4) is 0 Å². The number of hydrazone groups is 1. The number of nitrogens with one attached hydrogen (secondary N) is 1. The first kappa shape index (κ1) is 19.0. The van der Waals surface area contributed by atoms with Crippen LogP contribution in [-0.4, -0.2) is 16.7 Å². The zero-order valence-electron chi connectivity index (χ0n) is 16.0. The van der Waals surface area contributed by atoms with Crippen molar-refractivity contribution < 1.29 is 4.79 Å². The lowest BCUT2D eigenvalue weighted by molar-refractivity contribution is 0.0955. The number of carbonyl (C=O) groups is 1. The quantitative estimate of drug-likeness (QED) is 0.352. The molecule has 4 aromatic rings. The first-order valence-corrected chi connectivity index (χ1v) is 9.71. The Hall–Kier alpha value is -3.37. The van der Waals surface area contributed by atoms with Gasteiger partial charge in [0.05, 0.1) is 16.8 Å². The molecular weight excluding hydrogens is 382 g/mol. The lowest BCUT2D eigenvalue weighted by Crippen LogP contribution is -2.17. The van der Waals surface area contributed by atoms with Gasteiger partial charge in [-0.05, 0) is 36.2 Å². The number of hydrogen-bond donors (Lipinski definition) is 1. The van der Waals surface area contributed by atoms with Crippen LogP contribution in [0.15, 0.2) is 84.1 Å². The molecule has 1 N–H and O–H groups in total. The van der Waals surface area contributed by atoms with E-state index in [1.807, 2.05) is 18.2 Å². The van der Waals surface area contributed by atoms with Gasteiger partial charge in [0.1, 0.15) is 0 Å². The zero-order chi connectivity index (χ0) is 20.2. The van der Waals surface area contributed by atoms with Crippen LogP contribution in [0.1, 0.15) is 27.0 Å². The van der Waals surface area contributed by atoms with Crippen LogP contribution in [0.4, 0.5) is 0 Å². The van der Waals surface area contributed by atoms with Gasteiger partial charge in [0, 0.05) is 29.2 Å². The maximum Gasteiger partial charge on any atom is 0.272 e. The number of amides is 1. The molecule has 0 fully saturated rings. The highest BCUT2D eigenvalue weighted by molar-refractivity contribution is 6.33. The molecule has 0 bridgehead atoms. The number of nitrogens with zero attached hydrogens (tertiary/aromatic N) is 2. The van der Waals surface area contributed by atoms with Gasteiger partial charge in [-0.25, -0.2) is 5.43 Å². The molecule has 0 aliphatic rings. The topological polar surface area (TPSA) is 46.4 Å². The van der Waals surface area contributed by atoms with Crippen LogP contribution in [0, 0.1) is 6.92 Å². The van der Waals surface area contributed by atoms with Gasteiger partial charge in [-0.1, -0.05) is 66.2 Å². The van der Waals surface area contributed by atoms with Crippen molar-refractivity contribution in [1.29, 1.82) is 0 Å². The van der Waals surface area contributed by atoms with Crippen molar-refractivity contribution in [2.45, 2.75) is 13.5 Å².